The highest BCUT2D eigenvalue weighted by atomic mass is 32.1. The van der Waals surface area contributed by atoms with Crippen molar-refractivity contribution >= 4 is 35.8 Å². The third kappa shape index (κ3) is 3.97. The zero-order chi connectivity index (χ0) is 30.3. The standard InChI is InChI=1S/C28H33N5O7S/c1-11-9-30-27(41)33(11)10-13-8-16(31(2)3)14-6-12-7-15-20(32(4)5)23(36)19(26(29)39)25(38)28(15,40)24(37)17(12)22(35)18(14)21(13)34/h8-9,12,15,20,34,36-37,40H,6-7,10H2,1-5H3,(H2,29,39)(H,30,41)/t12-,15-,20+,28-/m0/s1. The molecule has 0 radical (unpaired) electrons. The van der Waals surface area contributed by atoms with Crippen molar-refractivity contribution in [3.05, 3.63) is 57.3 Å². The lowest BCUT2D eigenvalue weighted by Gasteiger charge is -2.50. The molecule has 1 heterocycles. The number of aromatic hydroxyl groups is 1. The number of thiol groups is 1. The number of aliphatic hydroxyl groups excluding tert-OH is 2. The second-order valence-corrected chi connectivity index (χ2v) is 11.8. The molecule has 1 amide bonds. The third-order valence-electron chi connectivity index (χ3n) is 8.62. The number of Topliss-reactive ketones (excluding diaryl/α,β-unsaturated/α-hetero) is 2. The molecule has 0 unspecified atom stereocenters. The molecule has 0 spiro atoms. The highest BCUT2D eigenvalue weighted by molar-refractivity contribution is 7.80. The van der Waals surface area contributed by atoms with Gasteiger partial charge in [-0.3, -0.25) is 19.3 Å². The van der Waals surface area contributed by atoms with E-state index in [9.17, 15) is 34.8 Å². The maximum atomic E-state index is 14.1. The molecule has 0 fully saturated rings. The number of nitrogens with zero attached hydrogens (tertiary/aromatic N) is 4. The van der Waals surface area contributed by atoms with Crippen molar-refractivity contribution in [2.24, 2.45) is 17.6 Å². The number of amides is 1. The molecule has 2 aromatic rings. The molecular formula is C28H33N5O7S. The van der Waals surface area contributed by atoms with E-state index in [1.807, 2.05) is 25.9 Å². The van der Waals surface area contributed by atoms with Gasteiger partial charge < -0.3 is 35.6 Å². The molecule has 12 nitrogen and oxygen atoms in total. The van der Waals surface area contributed by atoms with Crippen LogP contribution in [0.5, 0.6) is 5.75 Å². The van der Waals surface area contributed by atoms with E-state index in [0.717, 1.165) is 5.69 Å². The summed E-state index contributed by atoms with van der Waals surface area (Å²) in [4.78, 5) is 47.3. The van der Waals surface area contributed by atoms with Crippen LogP contribution in [0.25, 0.3) is 0 Å². The number of nitrogens with two attached hydrogens (primary N) is 1. The molecular weight excluding hydrogens is 550 g/mol. The Balaban J connectivity index is 1.72. The molecule has 218 valence electrons. The van der Waals surface area contributed by atoms with Gasteiger partial charge in [0.25, 0.3) is 5.91 Å². The Labute approximate surface area is 241 Å². The molecule has 0 bridgehead atoms. The fraction of sp³-hybridized carbons (Fsp3) is 0.429. The molecule has 6 N–H and O–H groups in total. The van der Waals surface area contributed by atoms with Gasteiger partial charge in [-0.25, -0.2) is 4.98 Å². The van der Waals surface area contributed by atoms with Crippen LogP contribution in [0.3, 0.4) is 0 Å². The van der Waals surface area contributed by atoms with Crippen molar-refractivity contribution in [2.75, 3.05) is 33.1 Å². The number of phenolic OH excluding ortho intramolecular Hbond substituents is 1. The molecule has 0 aliphatic heterocycles. The van der Waals surface area contributed by atoms with Gasteiger partial charge in [0.1, 0.15) is 22.8 Å². The zero-order valence-electron chi connectivity index (χ0n) is 23.3. The van der Waals surface area contributed by atoms with Gasteiger partial charge in [-0.1, -0.05) is 0 Å². The molecule has 1 aromatic carbocycles. The normalized spacial score (nSPS) is 25.8. The Hall–Kier alpha value is -3.81. The number of aryl methyl sites for hydroxylation is 1. The number of benzene rings is 1. The number of primary amides is 1. The van der Waals surface area contributed by atoms with Crippen LogP contribution in [0.4, 0.5) is 5.69 Å². The largest absolute Gasteiger partial charge is 0.510 e. The van der Waals surface area contributed by atoms with Gasteiger partial charge in [0.2, 0.25) is 5.78 Å². The van der Waals surface area contributed by atoms with Crippen LogP contribution in [-0.4, -0.2) is 92.2 Å². The number of carbonyl (C=O) groups is 3. The summed E-state index contributed by atoms with van der Waals surface area (Å²) in [5, 5.41) is 46.1. The Morgan fingerprint density at radius 2 is 1.88 bits per heavy atom. The Morgan fingerprint density at radius 3 is 2.41 bits per heavy atom. The number of anilines is 1. The average molecular weight is 584 g/mol. The summed E-state index contributed by atoms with van der Waals surface area (Å²) in [5.41, 5.74) is 4.08. The van der Waals surface area contributed by atoms with Crippen LogP contribution in [0, 0.1) is 18.8 Å². The zero-order valence-corrected chi connectivity index (χ0v) is 24.2. The number of aromatic nitrogens is 2. The first-order chi connectivity index (χ1) is 19.1. The quantitative estimate of drug-likeness (QED) is 0.220. The molecule has 41 heavy (non-hydrogen) atoms. The van der Waals surface area contributed by atoms with E-state index >= 15 is 0 Å². The van der Waals surface area contributed by atoms with Crippen molar-refractivity contribution in [3.63, 3.8) is 0 Å². The van der Waals surface area contributed by atoms with E-state index in [1.165, 1.54) is 4.90 Å². The smallest absolute Gasteiger partial charge is 0.255 e. The summed E-state index contributed by atoms with van der Waals surface area (Å²) < 4.78 is 1.76. The van der Waals surface area contributed by atoms with Gasteiger partial charge in [-0.2, -0.15) is 0 Å². The number of allylic oxidation sites excluding steroid dienone is 1. The van der Waals surface area contributed by atoms with E-state index in [1.54, 1.807) is 30.9 Å². The molecule has 13 heteroatoms. The molecule has 3 aliphatic rings. The first-order valence-electron chi connectivity index (χ1n) is 13.0. The summed E-state index contributed by atoms with van der Waals surface area (Å²) in [6, 6.07) is 0.751. The van der Waals surface area contributed by atoms with Gasteiger partial charge >= 0.3 is 0 Å². The van der Waals surface area contributed by atoms with Crippen LogP contribution in [0.2, 0.25) is 0 Å². The molecule has 5 rings (SSSR count). The summed E-state index contributed by atoms with van der Waals surface area (Å²) in [6.45, 7) is 1.99. The molecule has 4 atom stereocenters. The first-order valence-corrected chi connectivity index (χ1v) is 13.5. The van der Waals surface area contributed by atoms with E-state index in [-0.39, 0.29) is 36.3 Å². The van der Waals surface area contributed by atoms with E-state index < -0.39 is 58.0 Å². The molecule has 1 aromatic heterocycles. The Kier molecular flexibility index (Phi) is 6.75. The van der Waals surface area contributed by atoms with Crippen molar-refractivity contribution in [1.82, 2.24) is 14.5 Å². The fourth-order valence-corrected chi connectivity index (χ4v) is 6.97. The van der Waals surface area contributed by atoms with Gasteiger partial charge in [0.15, 0.2) is 16.5 Å². The monoisotopic (exact) mass is 583 g/mol. The highest BCUT2D eigenvalue weighted by Crippen LogP contribution is 2.53. The lowest BCUT2D eigenvalue weighted by molar-refractivity contribution is -0.148. The minimum absolute atomic E-state index is 0.0262. The summed E-state index contributed by atoms with van der Waals surface area (Å²) in [6.07, 6.45) is 1.87. The van der Waals surface area contributed by atoms with Crippen molar-refractivity contribution in [1.29, 1.82) is 0 Å². The number of carbonyl (C=O) groups excluding carboxylic acids is 3. The number of hydrogen-bond donors (Lipinski definition) is 6. The Bertz CT molecular complexity index is 1570. The predicted molar refractivity (Wildman–Crippen MR) is 151 cm³/mol. The number of phenols is 1. The maximum Gasteiger partial charge on any atom is 0.255 e. The number of likely N-dealkylation sites (N-methyl/N-ethyl adjacent to an activating group) is 1. The number of ketones is 2. The van der Waals surface area contributed by atoms with Crippen molar-refractivity contribution < 1.29 is 34.8 Å². The lowest BCUT2D eigenvalue weighted by Crippen LogP contribution is -2.63. The van der Waals surface area contributed by atoms with E-state index in [2.05, 4.69) is 17.6 Å². The maximum absolute atomic E-state index is 14.1. The van der Waals surface area contributed by atoms with Crippen LogP contribution in [-0.2, 0) is 22.6 Å². The molecule has 0 saturated heterocycles. The van der Waals surface area contributed by atoms with Gasteiger partial charge in [0.05, 0.1) is 18.2 Å². The summed E-state index contributed by atoms with van der Waals surface area (Å²) in [7, 11) is 6.81. The topological polar surface area (TPSA) is 182 Å². The van der Waals surface area contributed by atoms with Gasteiger partial charge in [-0.05, 0) is 51.4 Å². The molecule has 3 aliphatic carbocycles. The predicted octanol–water partition coefficient (Wildman–Crippen LogP) is 1.03. The van der Waals surface area contributed by atoms with Crippen LogP contribution < -0.4 is 10.6 Å². The van der Waals surface area contributed by atoms with Gasteiger partial charge in [-0.15, -0.1) is 12.6 Å². The van der Waals surface area contributed by atoms with E-state index in [4.69, 9.17) is 5.73 Å². The number of imidazole rings is 1. The summed E-state index contributed by atoms with van der Waals surface area (Å²) >= 11 is 4.38. The number of aliphatic hydroxyl groups is 3. The minimum Gasteiger partial charge on any atom is -0.510 e. The SMILES string of the molecule is Cc1cnc(S)n1Cc1cc(N(C)C)c2c(c1O)C(=O)C1=C(O)[C@]3(O)C(=O)C(C(N)=O)=C(O)[C@H](N(C)C)[C@@H]3C[C@@H]1C2. The fourth-order valence-electron chi connectivity index (χ4n) is 6.69. The highest BCUT2D eigenvalue weighted by Gasteiger charge is 2.63. The minimum atomic E-state index is -2.68. The van der Waals surface area contributed by atoms with Crippen molar-refractivity contribution in [2.45, 2.75) is 43.1 Å². The number of fused-ring (bicyclic) bond motifs is 3. The molecule has 0 saturated carbocycles. The second kappa shape index (κ2) is 9.64. The average Bonchev–Trinajstić information content (AvgIpc) is 3.19. The van der Waals surface area contributed by atoms with Crippen LogP contribution >= 0.6 is 12.6 Å². The van der Waals surface area contributed by atoms with Crippen LogP contribution in [0.1, 0.15) is 33.6 Å². The van der Waals surface area contributed by atoms with E-state index in [0.29, 0.717) is 22.0 Å². The van der Waals surface area contributed by atoms with Crippen LogP contribution in [0.15, 0.2) is 40.1 Å². The summed E-state index contributed by atoms with van der Waals surface area (Å²) in [5.74, 6) is -6.77. The van der Waals surface area contributed by atoms with Gasteiger partial charge in [0, 0.05) is 48.7 Å². The third-order valence-corrected chi connectivity index (χ3v) is 8.98. The Morgan fingerprint density at radius 1 is 1.22 bits per heavy atom. The number of rotatable bonds is 5. The second-order valence-electron chi connectivity index (χ2n) is 11.4. The number of hydrogen-bond acceptors (Lipinski definition) is 11. The lowest BCUT2D eigenvalue weighted by atomic mass is 9.58. The van der Waals surface area contributed by atoms with Crippen molar-refractivity contribution in [3.8, 4) is 5.75 Å². The first kappa shape index (κ1) is 28.7.